The normalized spacial score (nSPS) is 21.2. The van der Waals surface area contributed by atoms with Crippen LogP contribution in [0.3, 0.4) is 0 Å². The highest BCUT2D eigenvalue weighted by Gasteiger charge is 2.35. The molecule has 0 saturated carbocycles. The zero-order valence-electron chi connectivity index (χ0n) is 15.4. The van der Waals surface area contributed by atoms with E-state index in [0.717, 1.165) is 54.9 Å². The zero-order valence-corrected chi connectivity index (χ0v) is 16.2. The summed E-state index contributed by atoms with van der Waals surface area (Å²) in [6.07, 6.45) is 3.17. The average Bonchev–Trinajstić information content (AvgIpc) is 2.67. The number of piperazine rings is 1. The average molecular weight is 401 g/mol. The summed E-state index contributed by atoms with van der Waals surface area (Å²) in [7, 11) is -4.25. The fourth-order valence-electron chi connectivity index (χ4n) is 3.72. The number of rotatable bonds is 4. The van der Waals surface area contributed by atoms with E-state index in [1.165, 1.54) is 0 Å². The SMILES string of the molecule is C[C@H](C(=O)N1CCCCC1)N1CCN(S(=O)(=O)c2c(F)cccc2F)CC1. The van der Waals surface area contributed by atoms with E-state index < -0.39 is 26.6 Å². The number of hydrogen-bond acceptors (Lipinski definition) is 4. The first kappa shape index (κ1) is 20.2. The second-order valence-electron chi connectivity index (χ2n) is 7.05. The van der Waals surface area contributed by atoms with Gasteiger partial charge in [-0.05, 0) is 38.3 Å². The number of piperidine rings is 1. The van der Waals surface area contributed by atoms with E-state index in [9.17, 15) is 22.0 Å². The standard InChI is InChI=1S/C18H25F2N3O3S/c1-14(18(24)22-8-3-2-4-9-22)21-10-12-23(13-11-21)27(25,26)17-15(19)6-5-7-16(17)20/h5-7,14H,2-4,8-13H2,1H3/t14-/m1/s1. The van der Waals surface area contributed by atoms with Crippen molar-refractivity contribution in [1.82, 2.24) is 14.1 Å². The minimum Gasteiger partial charge on any atom is -0.341 e. The molecule has 1 atom stereocenters. The van der Waals surface area contributed by atoms with Crippen LogP contribution in [0.15, 0.2) is 23.1 Å². The quantitative estimate of drug-likeness (QED) is 0.770. The maximum absolute atomic E-state index is 13.9. The van der Waals surface area contributed by atoms with E-state index in [-0.39, 0.29) is 25.0 Å². The number of hydrogen-bond donors (Lipinski definition) is 0. The van der Waals surface area contributed by atoms with Crippen LogP contribution >= 0.6 is 0 Å². The van der Waals surface area contributed by atoms with Crippen LogP contribution in [-0.4, -0.2) is 73.7 Å². The minimum atomic E-state index is -4.25. The van der Waals surface area contributed by atoms with Crippen LogP contribution in [-0.2, 0) is 14.8 Å². The molecule has 0 N–H and O–H groups in total. The molecule has 0 radical (unpaired) electrons. The Balaban J connectivity index is 1.65. The minimum absolute atomic E-state index is 0.0613. The molecule has 2 heterocycles. The van der Waals surface area contributed by atoms with Crippen LogP contribution in [0.25, 0.3) is 0 Å². The molecule has 0 aromatic heterocycles. The van der Waals surface area contributed by atoms with Gasteiger partial charge in [-0.15, -0.1) is 0 Å². The topological polar surface area (TPSA) is 60.9 Å². The summed E-state index contributed by atoms with van der Waals surface area (Å²) in [6, 6.07) is 2.67. The predicted octanol–water partition coefficient (Wildman–Crippen LogP) is 1.67. The van der Waals surface area contributed by atoms with E-state index in [1.54, 1.807) is 0 Å². The van der Waals surface area contributed by atoms with Crippen molar-refractivity contribution in [1.29, 1.82) is 0 Å². The number of halogens is 2. The number of likely N-dealkylation sites (tertiary alicyclic amines) is 1. The molecule has 3 rings (SSSR count). The maximum atomic E-state index is 13.9. The number of benzene rings is 1. The van der Waals surface area contributed by atoms with Gasteiger partial charge in [-0.2, -0.15) is 4.31 Å². The molecular weight excluding hydrogens is 376 g/mol. The van der Waals surface area contributed by atoms with Crippen LogP contribution in [0.2, 0.25) is 0 Å². The van der Waals surface area contributed by atoms with E-state index >= 15 is 0 Å². The van der Waals surface area contributed by atoms with Crippen LogP contribution in [0.4, 0.5) is 8.78 Å². The van der Waals surface area contributed by atoms with Gasteiger partial charge in [-0.25, -0.2) is 17.2 Å². The smallest absolute Gasteiger partial charge is 0.249 e. The molecule has 2 aliphatic heterocycles. The second-order valence-corrected chi connectivity index (χ2v) is 8.93. The molecule has 150 valence electrons. The summed E-state index contributed by atoms with van der Waals surface area (Å²) in [5, 5.41) is 0. The lowest BCUT2D eigenvalue weighted by molar-refractivity contribution is -0.137. The second kappa shape index (κ2) is 8.20. The molecule has 6 nitrogen and oxygen atoms in total. The molecule has 1 aromatic rings. The lowest BCUT2D eigenvalue weighted by Gasteiger charge is -2.39. The first-order valence-electron chi connectivity index (χ1n) is 9.29. The highest BCUT2D eigenvalue weighted by Crippen LogP contribution is 2.24. The highest BCUT2D eigenvalue weighted by molar-refractivity contribution is 7.89. The van der Waals surface area contributed by atoms with Crippen LogP contribution in [0, 0.1) is 11.6 Å². The summed E-state index contributed by atoms with van der Waals surface area (Å²) in [5.41, 5.74) is 0. The Morgan fingerprint density at radius 1 is 0.963 bits per heavy atom. The Labute approximate surface area is 158 Å². The summed E-state index contributed by atoms with van der Waals surface area (Å²) in [4.78, 5) is 15.5. The van der Waals surface area contributed by atoms with E-state index in [0.29, 0.717) is 13.1 Å². The van der Waals surface area contributed by atoms with Gasteiger partial charge in [-0.1, -0.05) is 6.07 Å². The molecule has 9 heteroatoms. The monoisotopic (exact) mass is 401 g/mol. The van der Waals surface area contributed by atoms with E-state index in [2.05, 4.69) is 0 Å². The zero-order chi connectivity index (χ0) is 19.6. The van der Waals surface area contributed by atoms with Crippen LogP contribution in [0.5, 0.6) is 0 Å². The molecule has 2 aliphatic rings. The third-order valence-corrected chi connectivity index (χ3v) is 7.31. The van der Waals surface area contributed by atoms with Crippen LogP contribution < -0.4 is 0 Å². The Bertz CT molecular complexity index is 769. The van der Waals surface area contributed by atoms with Gasteiger partial charge in [0.25, 0.3) is 0 Å². The number of nitrogens with zero attached hydrogens (tertiary/aromatic N) is 3. The molecule has 1 amide bonds. The van der Waals surface area contributed by atoms with Gasteiger partial charge in [0.15, 0.2) is 4.90 Å². The maximum Gasteiger partial charge on any atom is 0.249 e. The molecule has 0 unspecified atom stereocenters. The van der Waals surface area contributed by atoms with Crippen LogP contribution in [0.1, 0.15) is 26.2 Å². The largest absolute Gasteiger partial charge is 0.341 e. The molecular formula is C18H25F2N3O3S. The third kappa shape index (κ3) is 4.14. The van der Waals surface area contributed by atoms with Gasteiger partial charge in [0.1, 0.15) is 11.6 Å². The van der Waals surface area contributed by atoms with Gasteiger partial charge >= 0.3 is 0 Å². The fourth-order valence-corrected chi connectivity index (χ4v) is 5.26. The summed E-state index contributed by atoms with van der Waals surface area (Å²) in [6.45, 7) is 4.24. The number of sulfonamides is 1. The van der Waals surface area contributed by atoms with E-state index in [1.807, 2.05) is 16.7 Å². The Kier molecular flexibility index (Phi) is 6.12. The van der Waals surface area contributed by atoms with E-state index in [4.69, 9.17) is 0 Å². The third-order valence-electron chi connectivity index (χ3n) is 5.36. The molecule has 0 aliphatic carbocycles. The van der Waals surface area contributed by atoms with Gasteiger partial charge in [0.05, 0.1) is 6.04 Å². The van der Waals surface area contributed by atoms with Gasteiger partial charge in [0, 0.05) is 39.3 Å². The summed E-state index contributed by atoms with van der Waals surface area (Å²) < 4.78 is 54.2. The number of amides is 1. The fraction of sp³-hybridized carbons (Fsp3) is 0.611. The van der Waals surface area contributed by atoms with Crippen molar-refractivity contribution in [3.8, 4) is 0 Å². The van der Waals surface area contributed by atoms with Crippen molar-refractivity contribution in [3.63, 3.8) is 0 Å². The van der Waals surface area contributed by atoms with Crippen molar-refractivity contribution >= 4 is 15.9 Å². The van der Waals surface area contributed by atoms with Gasteiger partial charge < -0.3 is 4.90 Å². The van der Waals surface area contributed by atoms with Crippen molar-refractivity contribution < 1.29 is 22.0 Å². The Morgan fingerprint density at radius 2 is 1.52 bits per heavy atom. The van der Waals surface area contributed by atoms with Crippen molar-refractivity contribution in [2.24, 2.45) is 0 Å². The molecule has 2 saturated heterocycles. The first-order valence-corrected chi connectivity index (χ1v) is 10.7. The first-order chi connectivity index (χ1) is 12.8. The molecule has 0 spiro atoms. The van der Waals surface area contributed by atoms with Gasteiger partial charge in [-0.3, -0.25) is 9.69 Å². The predicted molar refractivity (Wildman–Crippen MR) is 96.6 cm³/mol. The lowest BCUT2D eigenvalue weighted by Crippen LogP contribution is -2.56. The van der Waals surface area contributed by atoms with Crippen molar-refractivity contribution in [3.05, 3.63) is 29.8 Å². The van der Waals surface area contributed by atoms with Gasteiger partial charge in [0.2, 0.25) is 15.9 Å². The number of carbonyl (C=O) groups excluding carboxylic acids is 1. The highest BCUT2D eigenvalue weighted by atomic mass is 32.2. The van der Waals surface area contributed by atoms with Crippen molar-refractivity contribution in [2.45, 2.75) is 37.1 Å². The Hall–Kier alpha value is -1.58. The summed E-state index contributed by atoms with van der Waals surface area (Å²) >= 11 is 0. The molecule has 1 aromatic carbocycles. The molecule has 0 bridgehead atoms. The Morgan fingerprint density at radius 3 is 2.07 bits per heavy atom. The lowest BCUT2D eigenvalue weighted by atomic mass is 10.1. The number of carbonyl (C=O) groups is 1. The molecule has 27 heavy (non-hydrogen) atoms. The molecule has 2 fully saturated rings. The summed E-state index contributed by atoms with van der Waals surface area (Å²) in [5.74, 6) is -2.12. The van der Waals surface area contributed by atoms with Crippen molar-refractivity contribution in [2.75, 3.05) is 39.3 Å².